The number of thiazole rings is 1. The van der Waals surface area contributed by atoms with Crippen LogP contribution in [-0.2, 0) is 23.2 Å². The number of carbonyl (C=O) groups excluding carboxylic acids is 1. The van der Waals surface area contributed by atoms with Crippen LogP contribution in [0.25, 0.3) is 21.8 Å². The normalized spacial score (nSPS) is 12.1. The first-order chi connectivity index (χ1) is 15.0. The van der Waals surface area contributed by atoms with Crippen molar-refractivity contribution in [1.82, 2.24) is 20.1 Å². The first-order valence-electron chi connectivity index (χ1n) is 10.0. The zero-order valence-electron chi connectivity index (χ0n) is 18.2. The van der Waals surface area contributed by atoms with Gasteiger partial charge in [0.2, 0.25) is 5.91 Å². The van der Waals surface area contributed by atoms with Crippen LogP contribution in [0.15, 0.2) is 48.5 Å². The summed E-state index contributed by atoms with van der Waals surface area (Å²) in [5.74, 6) is -0.720. The Hall–Kier alpha value is -2.94. The molecule has 1 N–H and O–H groups in total. The molecule has 0 radical (unpaired) electrons. The van der Waals surface area contributed by atoms with E-state index in [9.17, 15) is 18.0 Å². The number of rotatable bonds is 7. The third kappa shape index (κ3) is 5.85. The predicted octanol–water partition coefficient (Wildman–Crippen LogP) is 5.38. The van der Waals surface area contributed by atoms with Crippen molar-refractivity contribution < 1.29 is 18.0 Å². The van der Waals surface area contributed by atoms with Gasteiger partial charge in [-0.25, -0.2) is 4.98 Å². The van der Waals surface area contributed by atoms with Gasteiger partial charge in [0.05, 0.1) is 35.1 Å². The molecule has 0 bridgehead atoms. The summed E-state index contributed by atoms with van der Waals surface area (Å²) in [6.45, 7) is 8.58. The van der Waals surface area contributed by atoms with Crippen LogP contribution in [0.3, 0.4) is 0 Å². The van der Waals surface area contributed by atoms with Crippen LogP contribution in [0.5, 0.6) is 0 Å². The first kappa shape index (κ1) is 23.7. The Morgan fingerprint density at radius 3 is 2.50 bits per heavy atom. The van der Waals surface area contributed by atoms with Crippen molar-refractivity contribution in [3.63, 3.8) is 0 Å². The number of hydrogen-bond acceptors (Lipinski definition) is 4. The summed E-state index contributed by atoms with van der Waals surface area (Å²) >= 11 is 1.33. The maximum atomic E-state index is 12.3. The molecule has 0 aliphatic carbocycles. The Morgan fingerprint density at radius 2 is 1.91 bits per heavy atom. The van der Waals surface area contributed by atoms with Gasteiger partial charge in [-0.05, 0) is 32.8 Å². The second kappa shape index (κ2) is 9.28. The average molecular weight is 463 g/mol. The fraction of sp³-hybridized carbons (Fsp3) is 0.348. The summed E-state index contributed by atoms with van der Waals surface area (Å²) < 4.78 is 38.9. The quantitative estimate of drug-likeness (QED) is 0.480. The first-order valence-corrected chi connectivity index (χ1v) is 10.9. The number of aromatic nitrogens is 3. The highest BCUT2D eigenvalue weighted by Crippen LogP contribution is 2.36. The van der Waals surface area contributed by atoms with Gasteiger partial charge < -0.3 is 5.32 Å². The SMILES string of the molecule is C=CCc1ccc(-c2c(-c3nc(CC(=O)NCC(F)(F)F)cs3)cnn2C(C)(C)C)cc1. The van der Waals surface area contributed by atoms with E-state index in [-0.39, 0.29) is 12.0 Å². The Bertz CT molecular complexity index is 1090. The number of alkyl halides is 3. The van der Waals surface area contributed by atoms with Crippen molar-refractivity contribution in [1.29, 1.82) is 0 Å². The van der Waals surface area contributed by atoms with Crippen LogP contribution in [0.4, 0.5) is 13.2 Å². The van der Waals surface area contributed by atoms with E-state index in [1.807, 2.05) is 40.3 Å². The summed E-state index contributed by atoms with van der Waals surface area (Å²) in [6, 6.07) is 8.14. The number of amides is 1. The molecule has 3 aromatic rings. The van der Waals surface area contributed by atoms with E-state index in [0.717, 1.165) is 28.8 Å². The highest BCUT2D eigenvalue weighted by atomic mass is 32.1. The summed E-state index contributed by atoms with van der Waals surface area (Å²) in [5, 5.41) is 8.81. The van der Waals surface area contributed by atoms with E-state index in [1.54, 1.807) is 11.6 Å². The van der Waals surface area contributed by atoms with Crippen LogP contribution < -0.4 is 5.32 Å². The minimum Gasteiger partial charge on any atom is -0.347 e. The van der Waals surface area contributed by atoms with E-state index in [1.165, 1.54) is 11.3 Å². The maximum absolute atomic E-state index is 12.3. The molecule has 2 aromatic heterocycles. The lowest BCUT2D eigenvalue weighted by Crippen LogP contribution is -2.34. The lowest BCUT2D eigenvalue weighted by atomic mass is 10.0. The molecule has 0 saturated carbocycles. The second-order valence-corrected chi connectivity index (χ2v) is 9.25. The number of nitrogens with one attached hydrogen (secondary N) is 1. The summed E-state index contributed by atoms with van der Waals surface area (Å²) in [6.07, 6.45) is -0.295. The van der Waals surface area contributed by atoms with Crippen molar-refractivity contribution in [3.8, 4) is 21.8 Å². The van der Waals surface area contributed by atoms with Crippen LogP contribution in [0.2, 0.25) is 0 Å². The third-order valence-corrected chi connectivity index (χ3v) is 5.55. The summed E-state index contributed by atoms with van der Waals surface area (Å²) in [7, 11) is 0. The van der Waals surface area contributed by atoms with Gasteiger partial charge in [0, 0.05) is 10.9 Å². The molecule has 0 atom stereocenters. The summed E-state index contributed by atoms with van der Waals surface area (Å²) in [4.78, 5) is 16.3. The van der Waals surface area contributed by atoms with Crippen molar-refractivity contribution in [2.45, 2.75) is 45.3 Å². The van der Waals surface area contributed by atoms with Crippen molar-refractivity contribution in [3.05, 3.63) is 59.8 Å². The Kier molecular flexibility index (Phi) is 6.88. The molecule has 1 amide bonds. The fourth-order valence-corrected chi connectivity index (χ4v) is 4.02. The Balaban J connectivity index is 1.91. The maximum Gasteiger partial charge on any atom is 0.405 e. The molecule has 0 unspecified atom stereocenters. The Labute approximate surface area is 189 Å². The molecule has 0 spiro atoms. The number of allylic oxidation sites excluding steroid dienone is 1. The molecule has 9 heteroatoms. The highest BCUT2D eigenvalue weighted by Gasteiger charge is 2.28. The van der Waals surface area contributed by atoms with Gasteiger partial charge in [-0.3, -0.25) is 9.48 Å². The molecule has 0 fully saturated rings. The van der Waals surface area contributed by atoms with E-state index in [4.69, 9.17) is 0 Å². The monoisotopic (exact) mass is 462 g/mol. The fourth-order valence-electron chi connectivity index (χ4n) is 3.19. The van der Waals surface area contributed by atoms with Gasteiger partial charge in [-0.15, -0.1) is 17.9 Å². The predicted molar refractivity (Wildman–Crippen MR) is 120 cm³/mol. The van der Waals surface area contributed by atoms with Crippen molar-refractivity contribution in [2.75, 3.05) is 6.54 Å². The van der Waals surface area contributed by atoms with Crippen LogP contribution in [0.1, 0.15) is 32.0 Å². The molecule has 0 aliphatic rings. The zero-order chi connectivity index (χ0) is 23.5. The van der Waals surface area contributed by atoms with E-state index in [2.05, 4.69) is 37.4 Å². The molecule has 0 aliphatic heterocycles. The van der Waals surface area contributed by atoms with Gasteiger partial charge in [0.1, 0.15) is 11.6 Å². The molecule has 2 heterocycles. The Morgan fingerprint density at radius 1 is 1.22 bits per heavy atom. The van der Waals surface area contributed by atoms with Crippen molar-refractivity contribution >= 4 is 17.2 Å². The molecule has 1 aromatic carbocycles. The largest absolute Gasteiger partial charge is 0.405 e. The van der Waals surface area contributed by atoms with E-state index < -0.39 is 18.6 Å². The van der Waals surface area contributed by atoms with E-state index in [0.29, 0.717) is 10.7 Å². The van der Waals surface area contributed by atoms with E-state index >= 15 is 0 Å². The molecular formula is C23H25F3N4OS. The molecule has 3 rings (SSSR count). The van der Waals surface area contributed by atoms with Gasteiger partial charge >= 0.3 is 6.18 Å². The van der Waals surface area contributed by atoms with Crippen molar-refractivity contribution in [2.24, 2.45) is 0 Å². The average Bonchev–Trinajstić information content (AvgIpc) is 3.33. The van der Waals surface area contributed by atoms with Crippen LogP contribution >= 0.6 is 11.3 Å². The number of halogens is 3. The molecule has 170 valence electrons. The number of nitrogens with zero attached hydrogens (tertiary/aromatic N) is 3. The minimum atomic E-state index is -4.44. The zero-order valence-corrected chi connectivity index (χ0v) is 19.0. The lowest BCUT2D eigenvalue weighted by molar-refractivity contribution is -0.138. The smallest absolute Gasteiger partial charge is 0.347 e. The number of benzene rings is 1. The minimum absolute atomic E-state index is 0.217. The highest BCUT2D eigenvalue weighted by molar-refractivity contribution is 7.13. The van der Waals surface area contributed by atoms with Gasteiger partial charge in [0.25, 0.3) is 0 Å². The number of hydrogen-bond donors (Lipinski definition) is 1. The topological polar surface area (TPSA) is 59.8 Å². The number of carbonyl (C=O) groups is 1. The molecule has 0 saturated heterocycles. The van der Waals surface area contributed by atoms with Crippen LogP contribution in [-0.4, -0.2) is 33.4 Å². The van der Waals surface area contributed by atoms with Gasteiger partial charge in [-0.2, -0.15) is 18.3 Å². The summed E-state index contributed by atoms with van der Waals surface area (Å²) in [5.41, 5.74) is 3.95. The third-order valence-electron chi connectivity index (χ3n) is 4.62. The standard InChI is InChI=1S/C23H25F3N4OS/c1-5-6-15-7-9-16(10-8-15)20-18(12-28-30(20)22(2,3)4)21-29-17(13-32-21)11-19(31)27-14-23(24,25)26/h5,7-10,12-13H,1,6,11,14H2,2-4H3,(H,27,31). The lowest BCUT2D eigenvalue weighted by Gasteiger charge is -2.23. The van der Waals surface area contributed by atoms with Gasteiger partial charge in [-0.1, -0.05) is 30.3 Å². The molecular weight excluding hydrogens is 437 g/mol. The van der Waals surface area contributed by atoms with Crippen LogP contribution in [0, 0.1) is 0 Å². The second-order valence-electron chi connectivity index (χ2n) is 8.39. The molecule has 32 heavy (non-hydrogen) atoms. The van der Waals surface area contributed by atoms with Gasteiger partial charge in [0.15, 0.2) is 0 Å². The molecule has 5 nitrogen and oxygen atoms in total.